The maximum atomic E-state index is 12.3. The van der Waals surface area contributed by atoms with Crippen molar-refractivity contribution in [3.63, 3.8) is 0 Å². The van der Waals surface area contributed by atoms with E-state index in [4.69, 9.17) is 10.5 Å². The Labute approximate surface area is 157 Å². The van der Waals surface area contributed by atoms with E-state index < -0.39 is 17.6 Å². The van der Waals surface area contributed by atoms with Gasteiger partial charge in [-0.2, -0.15) is 0 Å². The summed E-state index contributed by atoms with van der Waals surface area (Å²) in [5.41, 5.74) is 5.57. The molecule has 144 valence electrons. The van der Waals surface area contributed by atoms with E-state index in [0.717, 1.165) is 0 Å². The quantitative estimate of drug-likeness (QED) is 0.701. The first-order valence-electron chi connectivity index (χ1n) is 8.21. The lowest BCUT2D eigenvalue weighted by Crippen LogP contribution is -2.33. The number of rotatable bonds is 4. The largest absolute Gasteiger partial charge is 0.505 e. The second-order valence-electron chi connectivity index (χ2n) is 6.89. The number of benzene rings is 1. The van der Waals surface area contributed by atoms with Gasteiger partial charge in [-0.05, 0) is 26.8 Å². The number of nitrogens with zero attached hydrogens (tertiary/aromatic N) is 3. The summed E-state index contributed by atoms with van der Waals surface area (Å²) in [6.45, 7) is 5.40. The van der Waals surface area contributed by atoms with Crippen LogP contribution in [0.5, 0.6) is 5.75 Å². The van der Waals surface area contributed by atoms with E-state index in [-0.39, 0.29) is 29.5 Å². The van der Waals surface area contributed by atoms with E-state index in [1.54, 1.807) is 40.0 Å². The molecule has 1 heterocycles. The molecule has 0 fully saturated rings. The zero-order chi connectivity index (χ0) is 20.2. The van der Waals surface area contributed by atoms with Gasteiger partial charge in [0.05, 0.1) is 12.2 Å². The van der Waals surface area contributed by atoms with E-state index >= 15 is 0 Å². The Hall–Kier alpha value is -3.36. The number of hydrogen-bond acceptors (Lipinski definition) is 7. The monoisotopic (exact) mass is 373 g/mol. The molecule has 2 amide bonds. The lowest BCUT2D eigenvalue weighted by atomic mass is 10.1. The van der Waals surface area contributed by atoms with Gasteiger partial charge in [-0.1, -0.05) is 12.1 Å². The number of nitrogens with two attached hydrogens (primary N) is 1. The van der Waals surface area contributed by atoms with Crippen molar-refractivity contribution in [2.75, 3.05) is 18.1 Å². The fourth-order valence-electron chi connectivity index (χ4n) is 2.18. The van der Waals surface area contributed by atoms with Gasteiger partial charge in [-0.3, -0.25) is 4.79 Å². The summed E-state index contributed by atoms with van der Waals surface area (Å²) in [5.74, 6) is -0.785. The third-order valence-electron chi connectivity index (χ3n) is 3.42. The van der Waals surface area contributed by atoms with Crippen LogP contribution in [-0.2, 0) is 11.3 Å². The summed E-state index contributed by atoms with van der Waals surface area (Å²) in [5, 5.41) is 13.0. The van der Waals surface area contributed by atoms with Crippen molar-refractivity contribution >= 4 is 23.5 Å². The minimum absolute atomic E-state index is 0.0182. The normalized spacial score (nSPS) is 11.0. The molecule has 4 N–H and O–H groups in total. The molecule has 9 heteroatoms. The zero-order valence-electron chi connectivity index (χ0n) is 15.7. The van der Waals surface area contributed by atoms with Gasteiger partial charge in [0, 0.05) is 25.0 Å². The minimum Gasteiger partial charge on any atom is -0.505 e. The number of aromatic nitrogens is 2. The number of amides is 2. The molecular weight excluding hydrogens is 350 g/mol. The average Bonchev–Trinajstić information content (AvgIpc) is 2.57. The molecule has 0 radical (unpaired) electrons. The fraction of sp³-hybridized carbons (Fsp3) is 0.333. The summed E-state index contributed by atoms with van der Waals surface area (Å²) in [4.78, 5) is 33.4. The van der Waals surface area contributed by atoms with Crippen LogP contribution in [0.3, 0.4) is 0 Å². The third kappa shape index (κ3) is 5.30. The van der Waals surface area contributed by atoms with E-state index in [1.165, 1.54) is 23.4 Å². The summed E-state index contributed by atoms with van der Waals surface area (Å²) < 4.78 is 5.28. The molecule has 0 aliphatic carbocycles. The van der Waals surface area contributed by atoms with Crippen LogP contribution in [0.1, 0.15) is 36.8 Å². The Morgan fingerprint density at radius 3 is 2.56 bits per heavy atom. The SMILES string of the molecule is CN(Cc1cccc(NC(=O)c2nccnc2N)c1O)C(=O)OC(C)(C)C. The standard InChI is InChI=1S/C18H23N5O4/c1-18(2,3)27-17(26)23(4)10-11-6-5-7-12(14(11)24)22-16(25)13-15(19)21-9-8-20-13/h5-9,24H,10H2,1-4H3,(H2,19,21)(H,22,25). The first-order valence-corrected chi connectivity index (χ1v) is 8.21. The van der Waals surface area contributed by atoms with Crippen molar-refractivity contribution in [2.45, 2.75) is 32.9 Å². The highest BCUT2D eigenvalue weighted by atomic mass is 16.6. The van der Waals surface area contributed by atoms with Crippen LogP contribution in [0.15, 0.2) is 30.6 Å². The van der Waals surface area contributed by atoms with Gasteiger partial charge in [0.2, 0.25) is 0 Å². The zero-order valence-corrected chi connectivity index (χ0v) is 15.7. The Kier molecular flexibility index (Phi) is 5.84. The molecule has 0 aliphatic rings. The van der Waals surface area contributed by atoms with Crippen LogP contribution in [0.2, 0.25) is 0 Å². The Morgan fingerprint density at radius 2 is 1.93 bits per heavy atom. The molecule has 2 rings (SSSR count). The number of phenolic OH excluding ortho intramolecular Hbond substituents is 1. The number of aromatic hydroxyl groups is 1. The highest BCUT2D eigenvalue weighted by Gasteiger charge is 2.21. The Balaban J connectivity index is 2.15. The lowest BCUT2D eigenvalue weighted by molar-refractivity contribution is 0.0284. The molecule has 0 bridgehead atoms. The number of ether oxygens (including phenoxy) is 1. The van der Waals surface area contributed by atoms with Gasteiger partial charge < -0.3 is 25.8 Å². The molecule has 0 unspecified atom stereocenters. The van der Waals surface area contributed by atoms with Crippen molar-refractivity contribution in [1.82, 2.24) is 14.9 Å². The molecular formula is C18H23N5O4. The van der Waals surface area contributed by atoms with Crippen LogP contribution in [-0.4, -0.2) is 44.6 Å². The van der Waals surface area contributed by atoms with Gasteiger partial charge in [0.25, 0.3) is 5.91 Å². The van der Waals surface area contributed by atoms with Crippen molar-refractivity contribution in [2.24, 2.45) is 0 Å². The molecule has 2 aromatic rings. The number of para-hydroxylation sites is 1. The second-order valence-corrected chi connectivity index (χ2v) is 6.89. The maximum absolute atomic E-state index is 12.3. The van der Waals surface area contributed by atoms with Crippen LogP contribution >= 0.6 is 0 Å². The van der Waals surface area contributed by atoms with E-state index in [1.807, 2.05) is 0 Å². The molecule has 0 atom stereocenters. The van der Waals surface area contributed by atoms with E-state index in [0.29, 0.717) is 5.56 Å². The number of hydrogen-bond donors (Lipinski definition) is 3. The average molecular weight is 373 g/mol. The number of anilines is 2. The Bertz CT molecular complexity index is 848. The topological polar surface area (TPSA) is 131 Å². The number of nitrogen functional groups attached to an aromatic ring is 1. The minimum atomic E-state index is -0.625. The predicted molar refractivity (Wildman–Crippen MR) is 100 cm³/mol. The number of phenols is 1. The van der Waals surface area contributed by atoms with Crippen LogP contribution in [0.4, 0.5) is 16.3 Å². The van der Waals surface area contributed by atoms with Gasteiger partial charge in [-0.15, -0.1) is 0 Å². The predicted octanol–water partition coefficient (Wildman–Crippen LogP) is 2.38. The lowest BCUT2D eigenvalue weighted by Gasteiger charge is -2.25. The highest BCUT2D eigenvalue weighted by Crippen LogP contribution is 2.29. The number of nitrogens with one attached hydrogen (secondary N) is 1. The first kappa shape index (κ1) is 20.0. The highest BCUT2D eigenvalue weighted by molar-refractivity contribution is 6.06. The van der Waals surface area contributed by atoms with Crippen molar-refractivity contribution in [3.8, 4) is 5.75 Å². The van der Waals surface area contributed by atoms with Gasteiger partial charge in [-0.25, -0.2) is 14.8 Å². The molecule has 27 heavy (non-hydrogen) atoms. The Morgan fingerprint density at radius 1 is 1.26 bits per heavy atom. The third-order valence-corrected chi connectivity index (χ3v) is 3.42. The molecule has 0 spiro atoms. The first-order chi connectivity index (χ1) is 12.6. The molecule has 9 nitrogen and oxygen atoms in total. The number of carbonyl (C=O) groups is 2. The van der Waals surface area contributed by atoms with E-state index in [2.05, 4.69) is 15.3 Å². The van der Waals surface area contributed by atoms with E-state index in [9.17, 15) is 14.7 Å². The summed E-state index contributed by atoms with van der Waals surface area (Å²) in [6.07, 6.45) is 2.19. The van der Waals surface area contributed by atoms with Gasteiger partial charge >= 0.3 is 6.09 Å². The molecule has 0 saturated carbocycles. The fourth-order valence-corrected chi connectivity index (χ4v) is 2.18. The van der Waals surface area contributed by atoms with Crippen molar-refractivity contribution in [3.05, 3.63) is 41.9 Å². The van der Waals surface area contributed by atoms with Crippen LogP contribution in [0, 0.1) is 0 Å². The van der Waals surface area contributed by atoms with Crippen molar-refractivity contribution < 1.29 is 19.4 Å². The summed E-state index contributed by atoms with van der Waals surface area (Å²) in [6, 6.07) is 4.81. The smallest absolute Gasteiger partial charge is 0.410 e. The second kappa shape index (κ2) is 7.90. The molecule has 0 aliphatic heterocycles. The van der Waals surface area contributed by atoms with Gasteiger partial charge in [0.1, 0.15) is 11.4 Å². The molecule has 0 saturated heterocycles. The molecule has 1 aromatic heterocycles. The number of carbonyl (C=O) groups excluding carboxylic acids is 2. The maximum Gasteiger partial charge on any atom is 0.410 e. The van der Waals surface area contributed by atoms with Crippen molar-refractivity contribution in [1.29, 1.82) is 0 Å². The van der Waals surface area contributed by atoms with Crippen LogP contribution in [0.25, 0.3) is 0 Å². The van der Waals surface area contributed by atoms with Gasteiger partial charge in [0.15, 0.2) is 11.5 Å². The van der Waals surface area contributed by atoms with Crippen LogP contribution < -0.4 is 11.1 Å². The summed E-state index contributed by atoms with van der Waals surface area (Å²) in [7, 11) is 1.55. The summed E-state index contributed by atoms with van der Waals surface area (Å²) >= 11 is 0. The molecule has 1 aromatic carbocycles.